The zero-order valence-corrected chi connectivity index (χ0v) is 14.3. The van der Waals surface area contributed by atoms with E-state index in [-0.39, 0.29) is 23.8 Å². The average molecular weight is 343 g/mol. The fraction of sp³-hybridized carbons (Fsp3) is 0.526. The Labute approximate surface area is 146 Å². The maximum atomic E-state index is 12.7. The van der Waals surface area contributed by atoms with Crippen LogP contribution in [0.1, 0.15) is 54.9 Å². The first-order chi connectivity index (χ1) is 12.0. The van der Waals surface area contributed by atoms with Crippen molar-refractivity contribution in [1.82, 2.24) is 4.90 Å². The number of aliphatic hydroxyl groups excluding tert-OH is 1. The Hall–Kier alpha value is -2.37. The quantitative estimate of drug-likeness (QED) is 0.856. The number of hydrogen-bond acceptors (Lipinski definition) is 3. The second-order valence-corrected chi connectivity index (χ2v) is 7.30. The van der Waals surface area contributed by atoms with Gasteiger partial charge in [-0.2, -0.15) is 0 Å². The van der Waals surface area contributed by atoms with E-state index in [9.17, 15) is 14.7 Å². The van der Waals surface area contributed by atoms with E-state index in [2.05, 4.69) is 11.9 Å². The number of ether oxygens (including phenoxy) is 1. The molecule has 0 bridgehead atoms. The molecular weight excluding hydrogens is 320 g/mol. The highest BCUT2D eigenvalue weighted by atomic mass is 16.5. The molecule has 3 aliphatic rings. The predicted octanol–water partition coefficient (Wildman–Crippen LogP) is 0.936. The van der Waals surface area contributed by atoms with Crippen molar-refractivity contribution in [1.29, 1.82) is 0 Å². The summed E-state index contributed by atoms with van der Waals surface area (Å²) in [5.41, 5.74) is 1.56. The van der Waals surface area contributed by atoms with Gasteiger partial charge >= 0.3 is 11.8 Å². The third-order valence-corrected chi connectivity index (χ3v) is 5.58. The predicted molar refractivity (Wildman–Crippen MR) is 90.4 cm³/mol. The second-order valence-electron chi connectivity index (χ2n) is 7.30. The van der Waals surface area contributed by atoms with E-state index in [0.29, 0.717) is 30.9 Å². The van der Waals surface area contributed by atoms with Gasteiger partial charge in [0.2, 0.25) is 0 Å². The molecule has 2 amide bonds. The van der Waals surface area contributed by atoms with E-state index in [4.69, 9.17) is 4.74 Å². The zero-order chi connectivity index (χ0) is 17.6. The number of benzene rings is 1. The van der Waals surface area contributed by atoms with Crippen LogP contribution in [-0.2, 0) is 11.3 Å². The van der Waals surface area contributed by atoms with Gasteiger partial charge in [-0.25, -0.2) is 4.79 Å². The van der Waals surface area contributed by atoms with Crippen molar-refractivity contribution in [3.63, 3.8) is 0 Å². The number of amides is 2. The molecule has 1 fully saturated rings. The molecule has 132 valence electrons. The topological polar surface area (TPSA) is 80.8 Å². The van der Waals surface area contributed by atoms with Gasteiger partial charge in [-0.3, -0.25) is 4.79 Å². The van der Waals surface area contributed by atoms with Crippen LogP contribution in [0.3, 0.4) is 0 Å². The molecule has 25 heavy (non-hydrogen) atoms. The van der Waals surface area contributed by atoms with Crippen LogP contribution < -0.4 is 9.73 Å². The summed E-state index contributed by atoms with van der Waals surface area (Å²) < 4.78 is 6.12. The van der Waals surface area contributed by atoms with Crippen LogP contribution in [0.25, 0.3) is 0 Å². The summed E-state index contributed by atoms with van der Waals surface area (Å²) in [6.07, 6.45) is 4.48. The summed E-state index contributed by atoms with van der Waals surface area (Å²) in [5.74, 6) is 0.914. The highest BCUT2D eigenvalue weighted by Crippen LogP contribution is 2.33. The van der Waals surface area contributed by atoms with Gasteiger partial charge in [0.15, 0.2) is 6.04 Å². The third kappa shape index (κ3) is 2.90. The van der Waals surface area contributed by atoms with Crippen molar-refractivity contribution < 1.29 is 24.4 Å². The van der Waals surface area contributed by atoms with E-state index in [1.54, 1.807) is 4.90 Å². The van der Waals surface area contributed by atoms with Crippen LogP contribution in [0.4, 0.5) is 0 Å². The smallest absolute Gasteiger partial charge is 0.388 e. The molecule has 6 heteroatoms. The Morgan fingerprint density at radius 2 is 2.08 bits per heavy atom. The lowest BCUT2D eigenvalue weighted by Gasteiger charge is -2.24. The molecule has 4 rings (SSSR count). The Morgan fingerprint density at radius 3 is 2.80 bits per heavy atom. The van der Waals surface area contributed by atoms with Gasteiger partial charge in [0, 0.05) is 12.1 Å². The van der Waals surface area contributed by atoms with Gasteiger partial charge < -0.3 is 14.7 Å². The highest BCUT2D eigenvalue weighted by Gasteiger charge is 2.41. The number of carbonyl (C=O) groups excluding carboxylic acids is 2. The lowest BCUT2D eigenvalue weighted by molar-refractivity contribution is -0.394. The molecule has 1 aliphatic carbocycles. The molecule has 0 radical (unpaired) electrons. The molecule has 2 N–H and O–H groups in total. The van der Waals surface area contributed by atoms with Gasteiger partial charge in [0.25, 0.3) is 5.91 Å². The van der Waals surface area contributed by atoms with Crippen LogP contribution in [-0.4, -0.2) is 39.9 Å². The second kappa shape index (κ2) is 6.17. The summed E-state index contributed by atoms with van der Waals surface area (Å²) in [6, 6.07) is 5.15. The van der Waals surface area contributed by atoms with Crippen LogP contribution in [0.15, 0.2) is 18.2 Å². The lowest BCUT2D eigenvalue weighted by atomic mass is 10.1. The first-order valence-corrected chi connectivity index (χ1v) is 8.99. The number of fused-ring (bicyclic) bond motifs is 1. The maximum Gasteiger partial charge on any atom is 0.388 e. The van der Waals surface area contributed by atoms with Crippen molar-refractivity contribution in [3.05, 3.63) is 29.3 Å². The van der Waals surface area contributed by atoms with Crippen LogP contribution in [0, 0.1) is 5.92 Å². The molecule has 0 spiro atoms. The number of aliphatic hydroxyl groups is 1. The number of rotatable bonds is 3. The molecule has 1 saturated carbocycles. The number of hydrogen-bond donors (Lipinski definition) is 2. The lowest BCUT2D eigenvalue weighted by Crippen LogP contribution is -2.82. The Morgan fingerprint density at radius 1 is 1.24 bits per heavy atom. The molecule has 0 aromatic heterocycles. The molecular formula is C19H23N2O4+. The first kappa shape index (κ1) is 16.1. The monoisotopic (exact) mass is 343 g/mol. The first-order valence-electron chi connectivity index (χ1n) is 8.99. The fourth-order valence-electron chi connectivity index (χ4n) is 4.10. The van der Waals surface area contributed by atoms with Gasteiger partial charge in [0.05, 0.1) is 6.42 Å². The van der Waals surface area contributed by atoms with E-state index in [1.165, 1.54) is 12.8 Å². The SMILES string of the molecule is C[C@H]1CCC[C@H]1Oc1ccc2c(c1)CN(C1CCC(=O)[NH+]=C1O)C2=O. The fourth-order valence-corrected chi connectivity index (χ4v) is 4.10. The van der Waals surface area contributed by atoms with E-state index in [0.717, 1.165) is 17.7 Å². The standard InChI is InChI=1S/C19H22N2O4/c1-11-3-2-4-16(11)25-13-5-6-14-12(9-13)10-21(19(14)24)15-7-8-17(22)20-18(15)23/h5-6,9,11,15-16H,2-4,7-8,10H2,1H3,(H,20,22,23)/p+1/t11-,15?,16+/m0/s1. The van der Waals surface area contributed by atoms with E-state index in [1.807, 2.05) is 18.2 Å². The molecule has 1 aromatic carbocycles. The van der Waals surface area contributed by atoms with Crippen LogP contribution in [0.2, 0.25) is 0 Å². The summed E-state index contributed by atoms with van der Waals surface area (Å²) in [4.78, 5) is 28.1. The Bertz CT molecular complexity index is 758. The normalized spacial score (nSPS) is 28.9. The van der Waals surface area contributed by atoms with Crippen LogP contribution >= 0.6 is 0 Å². The summed E-state index contributed by atoms with van der Waals surface area (Å²) >= 11 is 0. The Balaban J connectivity index is 1.53. The van der Waals surface area contributed by atoms with Crippen molar-refractivity contribution >= 4 is 17.7 Å². The minimum Gasteiger partial charge on any atom is -0.490 e. The summed E-state index contributed by atoms with van der Waals surface area (Å²) in [6.45, 7) is 2.64. The molecule has 1 aromatic rings. The van der Waals surface area contributed by atoms with E-state index >= 15 is 0 Å². The van der Waals surface area contributed by atoms with Gasteiger partial charge in [-0.15, -0.1) is 4.99 Å². The van der Waals surface area contributed by atoms with Gasteiger partial charge in [-0.05, 0) is 55.4 Å². The zero-order valence-electron chi connectivity index (χ0n) is 14.3. The number of carbonyl (C=O) groups is 2. The minimum absolute atomic E-state index is 0.108. The maximum absolute atomic E-state index is 12.7. The summed E-state index contributed by atoms with van der Waals surface area (Å²) in [7, 11) is 0. The van der Waals surface area contributed by atoms with Crippen molar-refractivity contribution in [2.45, 2.75) is 57.7 Å². The van der Waals surface area contributed by atoms with E-state index < -0.39 is 6.04 Å². The highest BCUT2D eigenvalue weighted by molar-refractivity contribution is 6.01. The molecule has 2 heterocycles. The number of nitrogens with zero attached hydrogens (tertiary/aromatic N) is 1. The molecule has 0 saturated heterocycles. The minimum atomic E-state index is -0.461. The third-order valence-electron chi connectivity index (χ3n) is 5.58. The van der Waals surface area contributed by atoms with Crippen molar-refractivity contribution in [3.8, 4) is 5.75 Å². The molecule has 2 aliphatic heterocycles. The molecule has 3 atom stereocenters. The summed E-state index contributed by atoms with van der Waals surface area (Å²) in [5, 5.41) is 10.0. The molecule has 1 unspecified atom stereocenters. The van der Waals surface area contributed by atoms with Gasteiger partial charge in [-0.1, -0.05) is 6.92 Å². The average Bonchev–Trinajstić information content (AvgIpc) is 3.12. The van der Waals surface area contributed by atoms with Crippen LogP contribution in [0.5, 0.6) is 5.75 Å². The largest absolute Gasteiger partial charge is 0.490 e. The van der Waals surface area contributed by atoms with Crippen molar-refractivity contribution in [2.75, 3.05) is 0 Å². The van der Waals surface area contributed by atoms with Gasteiger partial charge in [0.1, 0.15) is 11.9 Å². The number of nitrogens with one attached hydrogen (secondary N) is 1. The van der Waals surface area contributed by atoms with Crippen molar-refractivity contribution in [2.24, 2.45) is 5.92 Å². The molecule has 6 nitrogen and oxygen atoms in total. The Kier molecular flexibility index (Phi) is 3.98.